The zero-order chi connectivity index (χ0) is 18.6. The van der Waals surface area contributed by atoms with Gasteiger partial charge in [0.2, 0.25) is 0 Å². The third-order valence-electron chi connectivity index (χ3n) is 4.70. The van der Waals surface area contributed by atoms with Gasteiger partial charge in [-0.05, 0) is 31.2 Å². The van der Waals surface area contributed by atoms with E-state index in [1.54, 1.807) is 12.4 Å². The maximum atomic E-state index is 12.1. The van der Waals surface area contributed by atoms with Gasteiger partial charge < -0.3 is 15.1 Å². The summed E-state index contributed by atoms with van der Waals surface area (Å²) in [5.74, 6) is 1.58. The van der Waals surface area contributed by atoms with Gasteiger partial charge in [-0.1, -0.05) is 12.1 Å². The summed E-state index contributed by atoms with van der Waals surface area (Å²) >= 11 is 0. The van der Waals surface area contributed by atoms with Gasteiger partial charge in [-0.3, -0.25) is 4.98 Å². The molecule has 138 valence electrons. The van der Waals surface area contributed by atoms with Crippen molar-refractivity contribution < 1.29 is 4.79 Å². The zero-order valence-electron chi connectivity index (χ0n) is 15.3. The van der Waals surface area contributed by atoms with Crippen LogP contribution in [0.5, 0.6) is 0 Å². The highest BCUT2D eigenvalue weighted by Gasteiger charge is 2.23. The lowest BCUT2D eigenvalue weighted by atomic mass is 10.2. The third-order valence-corrected chi connectivity index (χ3v) is 4.70. The molecule has 0 aliphatic carbocycles. The summed E-state index contributed by atoms with van der Waals surface area (Å²) in [6, 6.07) is 11.9. The van der Waals surface area contributed by atoms with Crippen LogP contribution in [-0.2, 0) is 0 Å². The van der Waals surface area contributed by atoms with Crippen molar-refractivity contribution in [2.75, 3.05) is 37.6 Å². The van der Waals surface area contributed by atoms with Gasteiger partial charge in [0, 0.05) is 56.1 Å². The Kier molecular flexibility index (Phi) is 4.82. The molecule has 4 rings (SSSR count). The van der Waals surface area contributed by atoms with E-state index in [1.165, 1.54) is 0 Å². The standard InChI is InChI=1S/C20H22N6O/c1-2-22-20(27)26-12-10-25(11-13-26)19-16-7-3-4-8-17(16)23-18(24-19)15-6-5-9-21-14-15/h3-9,14H,2,10-13H2,1H3,(H,22,27). The van der Waals surface area contributed by atoms with E-state index in [-0.39, 0.29) is 6.03 Å². The molecule has 0 saturated carbocycles. The number of urea groups is 1. The zero-order valence-corrected chi connectivity index (χ0v) is 15.3. The van der Waals surface area contributed by atoms with Crippen molar-refractivity contribution in [2.45, 2.75) is 6.92 Å². The third kappa shape index (κ3) is 3.53. The predicted octanol–water partition coefficient (Wildman–Crippen LogP) is 2.54. The van der Waals surface area contributed by atoms with Crippen LogP contribution in [0.3, 0.4) is 0 Å². The first kappa shape index (κ1) is 17.2. The van der Waals surface area contributed by atoms with E-state index in [0.717, 1.165) is 35.4 Å². The first-order valence-electron chi connectivity index (χ1n) is 9.21. The summed E-state index contributed by atoms with van der Waals surface area (Å²) in [7, 11) is 0. The number of benzene rings is 1. The van der Waals surface area contributed by atoms with Crippen LogP contribution in [0.25, 0.3) is 22.3 Å². The molecule has 0 spiro atoms. The van der Waals surface area contributed by atoms with E-state index in [4.69, 9.17) is 9.97 Å². The molecule has 1 saturated heterocycles. The monoisotopic (exact) mass is 362 g/mol. The Morgan fingerprint density at radius 3 is 2.63 bits per heavy atom. The van der Waals surface area contributed by atoms with E-state index in [0.29, 0.717) is 25.5 Å². The summed E-state index contributed by atoms with van der Waals surface area (Å²) in [5.41, 5.74) is 1.80. The number of hydrogen-bond acceptors (Lipinski definition) is 5. The number of amides is 2. The van der Waals surface area contributed by atoms with Crippen LogP contribution in [0.2, 0.25) is 0 Å². The van der Waals surface area contributed by atoms with E-state index < -0.39 is 0 Å². The van der Waals surface area contributed by atoms with Gasteiger partial charge in [-0.15, -0.1) is 0 Å². The lowest BCUT2D eigenvalue weighted by Crippen LogP contribution is -2.52. The van der Waals surface area contributed by atoms with Gasteiger partial charge >= 0.3 is 6.03 Å². The average Bonchev–Trinajstić information content (AvgIpc) is 2.74. The Hall–Kier alpha value is -3.22. The van der Waals surface area contributed by atoms with Crippen LogP contribution in [0.1, 0.15) is 6.92 Å². The molecule has 0 unspecified atom stereocenters. The van der Waals surface area contributed by atoms with Crippen LogP contribution in [0, 0.1) is 0 Å². The fraction of sp³-hybridized carbons (Fsp3) is 0.300. The second kappa shape index (κ2) is 7.57. The van der Waals surface area contributed by atoms with Crippen LogP contribution in [0.15, 0.2) is 48.8 Å². The van der Waals surface area contributed by atoms with E-state index >= 15 is 0 Å². The minimum atomic E-state index is 0.000689. The SMILES string of the molecule is CCNC(=O)N1CCN(c2nc(-c3cccnc3)nc3ccccc23)CC1. The largest absolute Gasteiger partial charge is 0.352 e. The second-order valence-corrected chi connectivity index (χ2v) is 6.44. The minimum absolute atomic E-state index is 0.000689. The van der Waals surface area contributed by atoms with E-state index in [9.17, 15) is 4.79 Å². The molecule has 1 fully saturated rings. The number of rotatable bonds is 3. The molecule has 0 bridgehead atoms. The fourth-order valence-corrected chi connectivity index (χ4v) is 3.31. The number of nitrogens with zero attached hydrogens (tertiary/aromatic N) is 5. The second-order valence-electron chi connectivity index (χ2n) is 6.44. The molecule has 3 aromatic rings. The first-order valence-corrected chi connectivity index (χ1v) is 9.21. The minimum Gasteiger partial charge on any atom is -0.352 e. The average molecular weight is 362 g/mol. The molecule has 1 aromatic carbocycles. The highest BCUT2D eigenvalue weighted by atomic mass is 16.2. The van der Waals surface area contributed by atoms with Crippen molar-refractivity contribution in [2.24, 2.45) is 0 Å². The van der Waals surface area contributed by atoms with E-state index in [2.05, 4.69) is 15.2 Å². The Bertz CT molecular complexity index is 938. The first-order chi connectivity index (χ1) is 13.3. The van der Waals surface area contributed by atoms with Gasteiger partial charge in [0.15, 0.2) is 5.82 Å². The molecular formula is C20H22N6O. The molecule has 0 radical (unpaired) electrons. The normalized spacial score (nSPS) is 14.4. The highest BCUT2D eigenvalue weighted by molar-refractivity contribution is 5.91. The maximum absolute atomic E-state index is 12.1. The quantitative estimate of drug-likeness (QED) is 0.775. The van der Waals surface area contributed by atoms with Crippen LogP contribution < -0.4 is 10.2 Å². The Labute approximate surface area is 158 Å². The summed E-state index contributed by atoms with van der Waals surface area (Å²) in [4.78, 5) is 29.9. The summed E-state index contributed by atoms with van der Waals surface area (Å²) < 4.78 is 0. The van der Waals surface area contributed by atoms with Gasteiger partial charge in [-0.2, -0.15) is 0 Å². The number of carbonyl (C=O) groups is 1. The Balaban J connectivity index is 1.66. The molecule has 1 aliphatic rings. The van der Waals surface area contributed by atoms with Gasteiger partial charge in [0.05, 0.1) is 5.52 Å². The number of fused-ring (bicyclic) bond motifs is 1. The van der Waals surface area contributed by atoms with Crippen molar-refractivity contribution in [3.05, 3.63) is 48.8 Å². The lowest BCUT2D eigenvalue weighted by molar-refractivity contribution is 0.195. The summed E-state index contributed by atoms with van der Waals surface area (Å²) in [6.07, 6.45) is 3.52. The smallest absolute Gasteiger partial charge is 0.317 e. The van der Waals surface area contributed by atoms with Crippen molar-refractivity contribution in [3.63, 3.8) is 0 Å². The van der Waals surface area contributed by atoms with Crippen molar-refractivity contribution in [1.82, 2.24) is 25.2 Å². The molecule has 2 amide bonds. The molecule has 1 aliphatic heterocycles. The van der Waals surface area contributed by atoms with Crippen molar-refractivity contribution in [1.29, 1.82) is 0 Å². The highest BCUT2D eigenvalue weighted by Crippen LogP contribution is 2.28. The maximum Gasteiger partial charge on any atom is 0.317 e. The number of nitrogens with one attached hydrogen (secondary N) is 1. The molecular weight excluding hydrogens is 340 g/mol. The van der Waals surface area contributed by atoms with Crippen LogP contribution in [0.4, 0.5) is 10.6 Å². The fourth-order valence-electron chi connectivity index (χ4n) is 3.31. The molecule has 2 aromatic heterocycles. The van der Waals surface area contributed by atoms with Crippen molar-refractivity contribution >= 4 is 22.8 Å². The number of hydrogen-bond donors (Lipinski definition) is 1. The van der Waals surface area contributed by atoms with Gasteiger partial charge in [0.1, 0.15) is 5.82 Å². The van der Waals surface area contributed by atoms with Crippen LogP contribution in [-0.4, -0.2) is 58.6 Å². The number of piperazine rings is 1. The Morgan fingerprint density at radius 1 is 1.07 bits per heavy atom. The molecule has 27 heavy (non-hydrogen) atoms. The number of carbonyl (C=O) groups excluding carboxylic acids is 1. The molecule has 0 atom stereocenters. The van der Waals surface area contributed by atoms with E-state index in [1.807, 2.05) is 48.2 Å². The van der Waals surface area contributed by atoms with Crippen LogP contribution >= 0.6 is 0 Å². The number of para-hydroxylation sites is 1. The molecule has 7 nitrogen and oxygen atoms in total. The van der Waals surface area contributed by atoms with Crippen molar-refractivity contribution in [3.8, 4) is 11.4 Å². The molecule has 3 heterocycles. The summed E-state index contributed by atoms with van der Waals surface area (Å²) in [5, 5.41) is 3.89. The number of anilines is 1. The molecule has 7 heteroatoms. The Morgan fingerprint density at radius 2 is 1.89 bits per heavy atom. The lowest BCUT2D eigenvalue weighted by Gasteiger charge is -2.35. The predicted molar refractivity (Wildman–Crippen MR) is 106 cm³/mol. The topological polar surface area (TPSA) is 74.2 Å². The number of aromatic nitrogens is 3. The number of pyridine rings is 1. The summed E-state index contributed by atoms with van der Waals surface area (Å²) in [6.45, 7) is 5.40. The van der Waals surface area contributed by atoms with Gasteiger partial charge in [-0.25, -0.2) is 14.8 Å². The molecule has 1 N–H and O–H groups in total. The van der Waals surface area contributed by atoms with Gasteiger partial charge in [0.25, 0.3) is 0 Å².